The first-order chi connectivity index (χ1) is 8.77. The lowest BCUT2D eigenvalue weighted by atomic mass is 9.94. The third kappa shape index (κ3) is 3.46. The van der Waals surface area contributed by atoms with Gasteiger partial charge in [0.05, 0.1) is 6.61 Å². The number of methoxy groups -OCH3 is 1. The average Bonchev–Trinajstić information content (AvgIpc) is 3.10. The van der Waals surface area contributed by atoms with Crippen molar-refractivity contribution in [3.8, 4) is 0 Å². The molecule has 2 rings (SSSR count). The summed E-state index contributed by atoms with van der Waals surface area (Å²) in [6.45, 7) is 5.09. The molecule has 0 aromatic rings. The van der Waals surface area contributed by atoms with E-state index in [1.54, 1.807) is 7.11 Å². The summed E-state index contributed by atoms with van der Waals surface area (Å²) in [7, 11) is 1.80. The highest BCUT2D eigenvalue weighted by molar-refractivity contribution is 4.92. The van der Waals surface area contributed by atoms with Crippen molar-refractivity contribution in [1.82, 2.24) is 4.90 Å². The van der Waals surface area contributed by atoms with Gasteiger partial charge in [-0.15, -0.1) is 0 Å². The Bertz CT molecular complexity index is 237. The molecule has 2 N–H and O–H groups in total. The second kappa shape index (κ2) is 6.88. The maximum atomic E-state index is 6.10. The van der Waals surface area contributed by atoms with Crippen LogP contribution in [0.15, 0.2) is 0 Å². The minimum absolute atomic E-state index is 0.582. The third-order valence-electron chi connectivity index (χ3n) is 4.99. The lowest BCUT2D eigenvalue weighted by molar-refractivity contribution is 0.0593. The Morgan fingerprint density at radius 3 is 2.33 bits per heavy atom. The molecule has 2 fully saturated rings. The SMILES string of the molecule is COCCN(C(C)C1CC1)C(CN)C1CCCC1. The van der Waals surface area contributed by atoms with Gasteiger partial charge in [0.15, 0.2) is 0 Å². The molecular weight excluding hydrogens is 224 g/mol. The van der Waals surface area contributed by atoms with E-state index in [0.29, 0.717) is 12.1 Å². The molecule has 0 aromatic heterocycles. The summed E-state index contributed by atoms with van der Waals surface area (Å²) < 4.78 is 5.30. The molecule has 2 unspecified atom stereocenters. The standard InChI is InChI=1S/C15H30N2O/c1-12(13-7-8-13)17(9-10-18-2)15(11-16)14-5-3-4-6-14/h12-15H,3-11,16H2,1-2H3. The second-order valence-corrected chi connectivity index (χ2v) is 6.16. The van der Waals surface area contributed by atoms with Crippen LogP contribution in [0.25, 0.3) is 0 Å². The molecule has 0 spiro atoms. The highest BCUT2D eigenvalue weighted by Gasteiger charge is 2.37. The zero-order valence-electron chi connectivity index (χ0n) is 12.1. The van der Waals surface area contributed by atoms with Crippen LogP contribution >= 0.6 is 0 Å². The van der Waals surface area contributed by atoms with Crippen molar-refractivity contribution in [3.63, 3.8) is 0 Å². The van der Waals surface area contributed by atoms with Crippen molar-refractivity contribution in [2.24, 2.45) is 17.6 Å². The summed E-state index contributed by atoms with van der Waals surface area (Å²) in [5.74, 6) is 1.74. The molecular formula is C15H30N2O. The first-order valence-corrected chi connectivity index (χ1v) is 7.72. The van der Waals surface area contributed by atoms with Crippen LogP contribution in [-0.4, -0.2) is 43.8 Å². The van der Waals surface area contributed by atoms with Crippen LogP contribution in [0.1, 0.15) is 45.4 Å². The van der Waals surface area contributed by atoms with E-state index < -0.39 is 0 Å². The van der Waals surface area contributed by atoms with Crippen molar-refractivity contribution in [1.29, 1.82) is 0 Å². The van der Waals surface area contributed by atoms with E-state index in [2.05, 4.69) is 11.8 Å². The van der Waals surface area contributed by atoms with E-state index in [1.165, 1.54) is 38.5 Å². The molecule has 2 atom stereocenters. The van der Waals surface area contributed by atoms with Crippen molar-refractivity contribution in [2.75, 3.05) is 26.8 Å². The lowest BCUT2D eigenvalue weighted by Gasteiger charge is -2.39. The quantitative estimate of drug-likeness (QED) is 0.722. The monoisotopic (exact) mass is 254 g/mol. The number of nitrogens with zero attached hydrogens (tertiary/aromatic N) is 1. The van der Waals surface area contributed by atoms with Crippen molar-refractivity contribution in [2.45, 2.75) is 57.5 Å². The zero-order chi connectivity index (χ0) is 13.0. The molecule has 0 radical (unpaired) electrons. The topological polar surface area (TPSA) is 38.5 Å². The maximum Gasteiger partial charge on any atom is 0.0589 e. The van der Waals surface area contributed by atoms with E-state index in [4.69, 9.17) is 10.5 Å². The fourth-order valence-corrected chi connectivity index (χ4v) is 3.66. The van der Waals surface area contributed by atoms with Crippen LogP contribution in [0.3, 0.4) is 0 Å². The highest BCUT2D eigenvalue weighted by atomic mass is 16.5. The van der Waals surface area contributed by atoms with Crippen molar-refractivity contribution < 1.29 is 4.74 Å². The minimum atomic E-state index is 0.582. The van der Waals surface area contributed by atoms with Crippen molar-refractivity contribution >= 4 is 0 Å². The van der Waals surface area contributed by atoms with E-state index in [0.717, 1.165) is 31.5 Å². The first-order valence-electron chi connectivity index (χ1n) is 7.72. The Labute approximate surface area is 112 Å². The van der Waals surface area contributed by atoms with E-state index in [9.17, 15) is 0 Å². The largest absolute Gasteiger partial charge is 0.383 e. The van der Waals surface area contributed by atoms with Crippen LogP contribution in [0, 0.1) is 11.8 Å². The van der Waals surface area contributed by atoms with Crippen LogP contribution in [0.2, 0.25) is 0 Å². The van der Waals surface area contributed by atoms with Gasteiger partial charge in [0.2, 0.25) is 0 Å². The minimum Gasteiger partial charge on any atom is -0.383 e. The summed E-state index contributed by atoms with van der Waals surface area (Å²) in [6, 6.07) is 1.27. The molecule has 0 heterocycles. The highest BCUT2D eigenvalue weighted by Crippen LogP contribution is 2.38. The van der Waals surface area contributed by atoms with Gasteiger partial charge >= 0.3 is 0 Å². The molecule has 0 amide bonds. The molecule has 2 saturated carbocycles. The fraction of sp³-hybridized carbons (Fsp3) is 1.00. The van der Waals surface area contributed by atoms with E-state index in [-0.39, 0.29) is 0 Å². The summed E-state index contributed by atoms with van der Waals surface area (Å²) in [6.07, 6.45) is 8.37. The normalized spacial score (nSPS) is 24.7. The van der Waals surface area contributed by atoms with Crippen molar-refractivity contribution in [3.05, 3.63) is 0 Å². The van der Waals surface area contributed by atoms with E-state index in [1.807, 2.05) is 0 Å². The predicted molar refractivity (Wildman–Crippen MR) is 75.6 cm³/mol. The van der Waals surface area contributed by atoms with Crippen LogP contribution in [0.5, 0.6) is 0 Å². The molecule has 2 aliphatic carbocycles. The Kier molecular flexibility index (Phi) is 5.46. The Balaban J connectivity index is 1.98. The number of nitrogens with two attached hydrogens (primary N) is 1. The van der Waals surface area contributed by atoms with Crippen LogP contribution in [0.4, 0.5) is 0 Å². The van der Waals surface area contributed by atoms with Crippen LogP contribution in [-0.2, 0) is 4.74 Å². The zero-order valence-corrected chi connectivity index (χ0v) is 12.1. The van der Waals surface area contributed by atoms with Gasteiger partial charge in [0.25, 0.3) is 0 Å². The maximum absolute atomic E-state index is 6.10. The third-order valence-corrected chi connectivity index (χ3v) is 4.99. The Morgan fingerprint density at radius 1 is 1.17 bits per heavy atom. The number of hydrogen-bond acceptors (Lipinski definition) is 3. The lowest BCUT2D eigenvalue weighted by Crippen LogP contribution is -2.51. The molecule has 2 aliphatic rings. The van der Waals surface area contributed by atoms with Crippen LogP contribution < -0.4 is 5.73 Å². The van der Waals surface area contributed by atoms with Gasteiger partial charge in [-0.3, -0.25) is 4.90 Å². The summed E-state index contributed by atoms with van der Waals surface area (Å²) in [4.78, 5) is 2.66. The van der Waals surface area contributed by atoms with Gasteiger partial charge in [-0.1, -0.05) is 12.8 Å². The molecule has 18 heavy (non-hydrogen) atoms. The number of rotatable bonds is 8. The smallest absolute Gasteiger partial charge is 0.0589 e. The molecule has 0 saturated heterocycles. The first kappa shape index (κ1) is 14.3. The Hall–Kier alpha value is -0.120. The van der Waals surface area contributed by atoms with Gasteiger partial charge in [0.1, 0.15) is 0 Å². The molecule has 0 bridgehead atoms. The summed E-state index contributed by atoms with van der Waals surface area (Å²) in [5.41, 5.74) is 6.10. The Morgan fingerprint density at radius 2 is 1.83 bits per heavy atom. The average molecular weight is 254 g/mol. The fourth-order valence-electron chi connectivity index (χ4n) is 3.66. The molecule has 0 aromatic carbocycles. The summed E-state index contributed by atoms with van der Waals surface area (Å²) in [5, 5.41) is 0. The summed E-state index contributed by atoms with van der Waals surface area (Å²) >= 11 is 0. The molecule has 3 heteroatoms. The molecule has 3 nitrogen and oxygen atoms in total. The number of ether oxygens (including phenoxy) is 1. The van der Waals surface area contributed by atoms with Gasteiger partial charge in [-0.2, -0.15) is 0 Å². The van der Waals surface area contributed by atoms with Gasteiger partial charge in [0, 0.05) is 32.3 Å². The number of hydrogen-bond donors (Lipinski definition) is 1. The predicted octanol–water partition coefficient (Wildman–Crippen LogP) is 2.25. The van der Waals surface area contributed by atoms with Gasteiger partial charge < -0.3 is 10.5 Å². The molecule has 106 valence electrons. The molecule has 0 aliphatic heterocycles. The second-order valence-electron chi connectivity index (χ2n) is 6.16. The van der Waals surface area contributed by atoms with Gasteiger partial charge in [-0.05, 0) is 44.4 Å². The van der Waals surface area contributed by atoms with E-state index >= 15 is 0 Å². The van der Waals surface area contributed by atoms with Gasteiger partial charge in [-0.25, -0.2) is 0 Å².